The number of fused-ring (bicyclic) bond motifs is 4. The van der Waals surface area contributed by atoms with Gasteiger partial charge in [-0.25, -0.2) is 39.9 Å². The predicted molar refractivity (Wildman–Crippen MR) is 282 cm³/mol. The standard InChI is InChI=1S/C62H38N8/c1-9-43(33-47(13-1)55-25-21-39-17-5-29-63-59(39)67-55)51-37-53(45-11-3-15-49(35-45)57-27-23-41-19-7-31-65-61(41)69-57)54(46-12-4-16-50(36-46)58-28-24-42-20-8-32-66-62(42)70-58)38-52(51)44-10-2-14-48(34-44)56-26-22-40-18-6-30-64-60(40)68-56/h1-38H. The van der Waals surface area contributed by atoms with Crippen molar-refractivity contribution in [3.05, 3.63) is 231 Å². The lowest BCUT2D eigenvalue weighted by Gasteiger charge is -2.20. The van der Waals surface area contributed by atoms with Crippen LogP contribution in [0.1, 0.15) is 0 Å². The second-order valence-electron chi connectivity index (χ2n) is 17.3. The maximum atomic E-state index is 5.01. The molecule has 13 aromatic rings. The highest BCUT2D eigenvalue weighted by Gasteiger charge is 2.19. The third-order valence-electron chi connectivity index (χ3n) is 12.9. The summed E-state index contributed by atoms with van der Waals surface area (Å²) in [5.41, 5.74) is 18.6. The van der Waals surface area contributed by atoms with Crippen LogP contribution in [0.25, 0.3) is 134 Å². The Bertz CT molecular complexity index is 3630. The molecule has 8 heterocycles. The first-order chi connectivity index (χ1) is 34.6. The molecule has 5 aromatic carbocycles. The van der Waals surface area contributed by atoms with Gasteiger partial charge in [0.25, 0.3) is 0 Å². The van der Waals surface area contributed by atoms with E-state index in [1.54, 1.807) is 24.8 Å². The van der Waals surface area contributed by atoms with E-state index in [0.29, 0.717) is 22.6 Å². The first kappa shape index (κ1) is 40.6. The third kappa shape index (κ3) is 7.65. The number of benzene rings is 5. The molecule has 0 fully saturated rings. The smallest absolute Gasteiger partial charge is 0.159 e. The second kappa shape index (κ2) is 17.2. The molecule has 0 amide bonds. The molecule has 0 aliphatic rings. The van der Waals surface area contributed by atoms with Crippen molar-refractivity contribution in [1.82, 2.24) is 39.9 Å². The molecule has 0 N–H and O–H groups in total. The van der Waals surface area contributed by atoms with Crippen molar-refractivity contribution < 1.29 is 0 Å². The highest BCUT2D eigenvalue weighted by Crippen LogP contribution is 2.45. The fraction of sp³-hybridized carbons (Fsp3) is 0. The largest absolute Gasteiger partial charge is 0.237 e. The van der Waals surface area contributed by atoms with E-state index in [2.05, 4.69) is 178 Å². The van der Waals surface area contributed by atoms with Crippen LogP contribution in [-0.4, -0.2) is 39.9 Å². The van der Waals surface area contributed by atoms with Crippen LogP contribution in [-0.2, 0) is 0 Å². The zero-order chi connectivity index (χ0) is 46.4. The lowest BCUT2D eigenvalue weighted by molar-refractivity contribution is 1.29. The van der Waals surface area contributed by atoms with Crippen molar-refractivity contribution in [3.8, 4) is 89.5 Å². The summed E-state index contributed by atoms with van der Waals surface area (Å²) in [5, 5.41) is 3.99. The lowest BCUT2D eigenvalue weighted by Crippen LogP contribution is -1.95. The van der Waals surface area contributed by atoms with Crippen LogP contribution >= 0.6 is 0 Å². The van der Waals surface area contributed by atoms with Gasteiger partial charge in [-0.05, 0) is 178 Å². The van der Waals surface area contributed by atoms with E-state index in [4.69, 9.17) is 19.9 Å². The summed E-state index contributed by atoms with van der Waals surface area (Å²) >= 11 is 0. The zero-order valence-electron chi connectivity index (χ0n) is 37.5. The summed E-state index contributed by atoms with van der Waals surface area (Å²) < 4.78 is 0. The minimum atomic E-state index is 0.709. The number of hydrogen-bond donors (Lipinski definition) is 0. The molecule has 8 nitrogen and oxygen atoms in total. The number of hydrogen-bond acceptors (Lipinski definition) is 8. The number of aromatic nitrogens is 8. The molecule has 0 bridgehead atoms. The van der Waals surface area contributed by atoms with Crippen molar-refractivity contribution in [2.75, 3.05) is 0 Å². The Morgan fingerprint density at radius 2 is 0.443 bits per heavy atom. The second-order valence-corrected chi connectivity index (χ2v) is 17.3. The van der Waals surface area contributed by atoms with Crippen LogP contribution in [0.2, 0.25) is 0 Å². The highest BCUT2D eigenvalue weighted by molar-refractivity contribution is 5.98. The average Bonchev–Trinajstić information content (AvgIpc) is 3.44. The molecular weight excluding hydrogens is 857 g/mol. The van der Waals surface area contributed by atoms with Gasteiger partial charge in [0.15, 0.2) is 22.6 Å². The maximum Gasteiger partial charge on any atom is 0.159 e. The van der Waals surface area contributed by atoms with Crippen LogP contribution in [0.3, 0.4) is 0 Å². The quantitative estimate of drug-likeness (QED) is 0.149. The molecular formula is C62H38N8. The van der Waals surface area contributed by atoms with Gasteiger partial charge in [-0.15, -0.1) is 0 Å². The Morgan fingerprint density at radius 3 is 0.700 bits per heavy atom. The summed E-state index contributed by atoms with van der Waals surface area (Å²) in [4.78, 5) is 38.4. The Hall–Kier alpha value is -9.66. The van der Waals surface area contributed by atoms with Gasteiger partial charge in [-0.2, -0.15) is 0 Å². The number of pyridine rings is 8. The van der Waals surface area contributed by atoms with Crippen LogP contribution < -0.4 is 0 Å². The summed E-state index contributed by atoms with van der Waals surface area (Å²) in [6, 6.07) is 71.9. The monoisotopic (exact) mass is 894 g/mol. The number of nitrogens with zero attached hydrogens (tertiary/aromatic N) is 8. The fourth-order valence-electron chi connectivity index (χ4n) is 9.39. The minimum Gasteiger partial charge on any atom is -0.237 e. The van der Waals surface area contributed by atoms with Crippen LogP contribution in [0, 0.1) is 0 Å². The van der Waals surface area contributed by atoms with Crippen molar-refractivity contribution in [1.29, 1.82) is 0 Å². The lowest BCUT2D eigenvalue weighted by atomic mass is 9.84. The van der Waals surface area contributed by atoms with Gasteiger partial charge in [0.2, 0.25) is 0 Å². The third-order valence-corrected chi connectivity index (χ3v) is 12.9. The molecule has 8 heteroatoms. The van der Waals surface area contributed by atoms with Gasteiger partial charge in [0, 0.05) is 68.6 Å². The molecule has 326 valence electrons. The Morgan fingerprint density at radius 1 is 0.200 bits per heavy atom. The van der Waals surface area contributed by atoms with E-state index in [1.807, 2.05) is 48.5 Å². The predicted octanol–water partition coefficient (Wildman–Crippen LogP) is 14.8. The molecule has 8 aromatic heterocycles. The zero-order valence-corrected chi connectivity index (χ0v) is 37.5. The van der Waals surface area contributed by atoms with Gasteiger partial charge >= 0.3 is 0 Å². The van der Waals surface area contributed by atoms with E-state index in [0.717, 1.165) is 111 Å². The Labute approximate surface area is 402 Å². The van der Waals surface area contributed by atoms with Crippen molar-refractivity contribution in [3.63, 3.8) is 0 Å². The molecule has 70 heavy (non-hydrogen) atoms. The summed E-state index contributed by atoms with van der Waals surface area (Å²) in [6.07, 6.45) is 7.15. The van der Waals surface area contributed by atoms with Gasteiger partial charge in [-0.3, -0.25) is 0 Å². The van der Waals surface area contributed by atoms with Gasteiger partial charge in [-0.1, -0.05) is 72.8 Å². The topological polar surface area (TPSA) is 103 Å². The van der Waals surface area contributed by atoms with Crippen molar-refractivity contribution >= 4 is 44.1 Å². The van der Waals surface area contributed by atoms with Crippen LogP contribution in [0.4, 0.5) is 0 Å². The maximum absolute atomic E-state index is 5.01. The molecule has 0 atom stereocenters. The normalized spacial score (nSPS) is 11.4. The molecule has 13 rings (SSSR count). The first-order valence-corrected chi connectivity index (χ1v) is 23.1. The van der Waals surface area contributed by atoms with E-state index < -0.39 is 0 Å². The molecule has 0 saturated heterocycles. The van der Waals surface area contributed by atoms with Gasteiger partial charge in [0.05, 0.1) is 22.8 Å². The molecule has 0 aliphatic carbocycles. The summed E-state index contributed by atoms with van der Waals surface area (Å²) in [5.74, 6) is 0. The average molecular weight is 895 g/mol. The van der Waals surface area contributed by atoms with Gasteiger partial charge in [0.1, 0.15) is 0 Å². The molecule has 0 aliphatic heterocycles. The SMILES string of the molecule is c1cc(-c2ccc3cccnc3n2)cc(-c2cc(-c3cccc(-c4ccc5cccnc5n4)c3)c(-c3cccc(-c4ccc5cccnc5n4)c3)cc2-c2cccc(-c3ccc4cccnc4n3)c2)c1. The number of rotatable bonds is 8. The minimum absolute atomic E-state index is 0.709. The van der Waals surface area contributed by atoms with Crippen molar-refractivity contribution in [2.45, 2.75) is 0 Å². The molecule has 0 radical (unpaired) electrons. The highest BCUT2D eigenvalue weighted by atomic mass is 14.9. The van der Waals surface area contributed by atoms with Crippen LogP contribution in [0.5, 0.6) is 0 Å². The molecule has 0 spiro atoms. The van der Waals surface area contributed by atoms with E-state index in [9.17, 15) is 0 Å². The first-order valence-electron chi connectivity index (χ1n) is 23.1. The molecule has 0 saturated carbocycles. The summed E-state index contributed by atoms with van der Waals surface area (Å²) in [7, 11) is 0. The fourth-order valence-corrected chi connectivity index (χ4v) is 9.39. The molecule has 0 unspecified atom stereocenters. The van der Waals surface area contributed by atoms with Crippen LogP contribution in [0.15, 0.2) is 231 Å². The van der Waals surface area contributed by atoms with E-state index in [-0.39, 0.29) is 0 Å². The van der Waals surface area contributed by atoms with E-state index in [1.165, 1.54) is 0 Å². The Kier molecular flexibility index (Phi) is 9.98. The van der Waals surface area contributed by atoms with E-state index >= 15 is 0 Å². The van der Waals surface area contributed by atoms with Crippen molar-refractivity contribution in [2.24, 2.45) is 0 Å². The van der Waals surface area contributed by atoms with Gasteiger partial charge < -0.3 is 0 Å². The summed E-state index contributed by atoms with van der Waals surface area (Å²) in [6.45, 7) is 0. The Balaban J connectivity index is 1.04.